The van der Waals surface area contributed by atoms with E-state index >= 15 is 0 Å². The van der Waals surface area contributed by atoms with Crippen molar-refractivity contribution in [3.8, 4) is 0 Å². The van der Waals surface area contributed by atoms with Gasteiger partial charge in [0.05, 0.1) is 10.5 Å². The highest BCUT2D eigenvalue weighted by atomic mass is 35.5. The molecule has 0 bridgehead atoms. The van der Waals surface area contributed by atoms with Crippen LogP contribution in [0.5, 0.6) is 0 Å². The second-order valence-corrected chi connectivity index (χ2v) is 7.75. The number of rotatable bonds is 3. The number of aromatic nitrogens is 1. The molecule has 6 heteroatoms. The molecule has 1 saturated heterocycles. The van der Waals surface area contributed by atoms with Crippen molar-refractivity contribution >= 4 is 51.9 Å². The summed E-state index contributed by atoms with van der Waals surface area (Å²) in [6.45, 7) is 0.683. The van der Waals surface area contributed by atoms with Gasteiger partial charge in [-0.25, -0.2) is 4.98 Å². The van der Waals surface area contributed by atoms with E-state index in [1.54, 1.807) is 6.07 Å². The van der Waals surface area contributed by atoms with Crippen LogP contribution in [0.3, 0.4) is 0 Å². The van der Waals surface area contributed by atoms with E-state index in [0.29, 0.717) is 22.5 Å². The summed E-state index contributed by atoms with van der Waals surface area (Å²) in [5, 5.41) is 4.89. The lowest BCUT2D eigenvalue weighted by atomic mass is 10.2. The lowest BCUT2D eigenvalue weighted by molar-refractivity contribution is 0.0949. The molecule has 2 aromatic rings. The monoisotopic (exact) mass is 338 g/mol. The van der Waals surface area contributed by atoms with E-state index in [4.69, 9.17) is 11.6 Å². The Morgan fingerprint density at radius 2 is 2.24 bits per heavy atom. The first-order chi connectivity index (χ1) is 10.2. The standard InChI is InChI=1S/C15H15ClN2OS2/c16-12-7-14(18-13-4-2-1-3-11(12)13)15(19)17-8-10-9-20-5-6-21-10/h1-4,7,10H,5-6,8-9H2,(H,17,19). The minimum atomic E-state index is -0.154. The molecule has 0 saturated carbocycles. The number of carbonyl (C=O) groups is 1. The molecule has 3 nitrogen and oxygen atoms in total. The second kappa shape index (κ2) is 6.90. The highest BCUT2D eigenvalue weighted by Crippen LogP contribution is 2.24. The van der Waals surface area contributed by atoms with Gasteiger partial charge in [0.2, 0.25) is 0 Å². The Balaban J connectivity index is 1.72. The summed E-state index contributed by atoms with van der Waals surface area (Å²) >= 11 is 10.1. The summed E-state index contributed by atoms with van der Waals surface area (Å²) in [4.78, 5) is 16.6. The van der Waals surface area contributed by atoms with Crippen LogP contribution in [0.25, 0.3) is 10.9 Å². The molecule has 1 aromatic carbocycles. The van der Waals surface area contributed by atoms with Gasteiger partial charge in [-0.05, 0) is 12.1 Å². The summed E-state index contributed by atoms with van der Waals surface area (Å²) in [5.41, 5.74) is 1.13. The van der Waals surface area contributed by atoms with Crippen molar-refractivity contribution in [3.63, 3.8) is 0 Å². The van der Waals surface area contributed by atoms with Crippen molar-refractivity contribution in [2.45, 2.75) is 5.25 Å². The fourth-order valence-electron chi connectivity index (χ4n) is 2.20. The van der Waals surface area contributed by atoms with Crippen LogP contribution < -0.4 is 5.32 Å². The number of amides is 1. The third kappa shape index (κ3) is 3.65. The molecule has 2 heterocycles. The van der Waals surface area contributed by atoms with Gasteiger partial charge < -0.3 is 5.32 Å². The van der Waals surface area contributed by atoms with Crippen LogP contribution in [0.2, 0.25) is 5.02 Å². The van der Waals surface area contributed by atoms with Crippen molar-refractivity contribution < 1.29 is 4.79 Å². The number of para-hydroxylation sites is 1. The first kappa shape index (κ1) is 15.0. The average Bonchev–Trinajstić information content (AvgIpc) is 2.53. The molecule has 3 rings (SSSR count). The number of carbonyl (C=O) groups excluding carboxylic acids is 1. The van der Waals surface area contributed by atoms with Crippen molar-refractivity contribution in [2.24, 2.45) is 0 Å². The Morgan fingerprint density at radius 1 is 1.38 bits per heavy atom. The summed E-state index contributed by atoms with van der Waals surface area (Å²) in [6.07, 6.45) is 0. The Bertz CT molecular complexity index is 659. The van der Waals surface area contributed by atoms with Gasteiger partial charge in [-0.2, -0.15) is 23.5 Å². The number of halogens is 1. The zero-order chi connectivity index (χ0) is 14.7. The van der Waals surface area contributed by atoms with Crippen LogP contribution in [0.1, 0.15) is 10.5 Å². The summed E-state index contributed by atoms with van der Waals surface area (Å²) in [7, 11) is 0. The number of benzene rings is 1. The third-order valence-corrected chi connectivity index (χ3v) is 6.43. The van der Waals surface area contributed by atoms with E-state index in [9.17, 15) is 4.79 Å². The zero-order valence-corrected chi connectivity index (χ0v) is 13.7. The molecule has 1 amide bonds. The Kier molecular flexibility index (Phi) is 4.93. The largest absolute Gasteiger partial charge is 0.350 e. The molecule has 1 aromatic heterocycles. The number of nitrogens with zero attached hydrogens (tertiary/aromatic N) is 1. The fourth-order valence-corrected chi connectivity index (χ4v) is 5.08. The Labute approximate surface area is 137 Å². The minimum Gasteiger partial charge on any atom is -0.350 e. The fraction of sp³-hybridized carbons (Fsp3) is 0.333. The van der Waals surface area contributed by atoms with Gasteiger partial charge in [0.1, 0.15) is 5.69 Å². The summed E-state index contributed by atoms with van der Waals surface area (Å²) < 4.78 is 0. The van der Waals surface area contributed by atoms with Gasteiger partial charge >= 0.3 is 0 Å². The van der Waals surface area contributed by atoms with E-state index in [0.717, 1.165) is 22.4 Å². The molecule has 21 heavy (non-hydrogen) atoms. The van der Waals surface area contributed by atoms with Gasteiger partial charge in [-0.3, -0.25) is 4.79 Å². The number of hydrogen-bond donors (Lipinski definition) is 1. The Morgan fingerprint density at radius 3 is 3.05 bits per heavy atom. The summed E-state index contributed by atoms with van der Waals surface area (Å²) in [6, 6.07) is 9.21. The highest BCUT2D eigenvalue weighted by molar-refractivity contribution is 8.06. The molecule has 110 valence electrons. The molecule has 0 spiro atoms. The minimum absolute atomic E-state index is 0.154. The van der Waals surface area contributed by atoms with Gasteiger partial charge in [0.15, 0.2) is 0 Å². The quantitative estimate of drug-likeness (QED) is 0.930. The second-order valence-electron chi connectivity index (χ2n) is 4.78. The van der Waals surface area contributed by atoms with E-state index < -0.39 is 0 Å². The average molecular weight is 339 g/mol. The molecule has 1 atom stereocenters. The maximum atomic E-state index is 12.2. The third-order valence-electron chi connectivity index (χ3n) is 3.27. The normalized spacial score (nSPS) is 18.6. The Hall–Kier alpha value is -0.910. The molecule has 1 fully saturated rings. The number of thioether (sulfide) groups is 2. The van der Waals surface area contributed by atoms with E-state index in [1.165, 1.54) is 5.75 Å². The predicted molar refractivity (Wildman–Crippen MR) is 92.7 cm³/mol. The summed E-state index contributed by atoms with van der Waals surface area (Å²) in [5.74, 6) is 3.30. The molecule has 1 aliphatic heterocycles. The van der Waals surface area contributed by atoms with Crippen LogP contribution in [0, 0.1) is 0 Å². The number of nitrogens with one attached hydrogen (secondary N) is 1. The topological polar surface area (TPSA) is 42.0 Å². The van der Waals surface area contributed by atoms with Crippen LogP contribution >= 0.6 is 35.1 Å². The molecular formula is C15H15ClN2OS2. The molecule has 1 aliphatic rings. The molecular weight excluding hydrogens is 324 g/mol. The lowest BCUT2D eigenvalue weighted by Crippen LogP contribution is -2.33. The van der Waals surface area contributed by atoms with Gasteiger partial charge in [0, 0.05) is 34.4 Å². The van der Waals surface area contributed by atoms with E-state index in [2.05, 4.69) is 10.3 Å². The lowest BCUT2D eigenvalue weighted by Gasteiger charge is -2.21. The number of fused-ring (bicyclic) bond motifs is 1. The zero-order valence-electron chi connectivity index (χ0n) is 11.3. The first-order valence-electron chi connectivity index (χ1n) is 6.77. The highest BCUT2D eigenvalue weighted by Gasteiger charge is 2.17. The van der Waals surface area contributed by atoms with E-state index in [1.807, 2.05) is 47.8 Å². The van der Waals surface area contributed by atoms with Crippen molar-refractivity contribution in [3.05, 3.63) is 41.0 Å². The SMILES string of the molecule is O=C(NCC1CSCCS1)c1cc(Cl)c2ccccc2n1. The molecule has 1 N–H and O–H groups in total. The van der Waals surface area contributed by atoms with Crippen molar-refractivity contribution in [1.82, 2.24) is 10.3 Å². The smallest absolute Gasteiger partial charge is 0.269 e. The van der Waals surface area contributed by atoms with Crippen LogP contribution in [0.4, 0.5) is 0 Å². The maximum absolute atomic E-state index is 12.2. The van der Waals surface area contributed by atoms with Crippen LogP contribution in [0.15, 0.2) is 30.3 Å². The van der Waals surface area contributed by atoms with E-state index in [-0.39, 0.29) is 5.91 Å². The number of pyridine rings is 1. The predicted octanol–water partition coefficient (Wildman–Crippen LogP) is 3.47. The molecule has 1 unspecified atom stereocenters. The van der Waals surface area contributed by atoms with Crippen molar-refractivity contribution in [2.75, 3.05) is 23.8 Å². The van der Waals surface area contributed by atoms with Crippen LogP contribution in [-0.4, -0.2) is 39.9 Å². The molecule has 0 radical (unpaired) electrons. The van der Waals surface area contributed by atoms with Crippen LogP contribution in [-0.2, 0) is 0 Å². The maximum Gasteiger partial charge on any atom is 0.269 e. The van der Waals surface area contributed by atoms with Gasteiger partial charge in [-0.15, -0.1) is 0 Å². The number of hydrogen-bond acceptors (Lipinski definition) is 4. The van der Waals surface area contributed by atoms with Crippen molar-refractivity contribution in [1.29, 1.82) is 0 Å². The first-order valence-corrected chi connectivity index (χ1v) is 9.35. The van der Waals surface area contributed by atoms with Gasteiger partial charge in [-0.1, -0.05) is 29.8 Å². The van der Waals surface area contributed by atoms with Gasteiger partial charge in [0.25, 0.3) is 5.91 Å². The molecule has 0 aliphatic carbocycles.